The van der Waals surface area contributed by atoms with E-state index in [1.54, 1.807) is 4.72 Å². The largest absolute Gasteiger partial charge is 0.573 e. The van der Waals surface area contributed by atoms with Gasteiger partial charge in [-0.25, -0.2) is 9.11 Å². The van der Waals surface area contributed by atoms with Gasteiger partial charge in [0.2, 0.25) is 0 Å². The van der Waals surface area contributed by atoms with Crippen LogP contribution in [-0.4, -0.2) is 39.1 Å². The summed E-state index contributed by atoms with van der Waals surface area (Å²) in [5, 5.41) is -0.452. The van der Waals surface area contributed by atoms with Crippen LogP contribution in [0.1, 0.15) is 15.9 Å². The number of hydrogen-bond donors (Lipinski definition) is 1. The predicted molar refractivity (Wildman–Crippen MR) is 104 cm³/mol. The number of amides is 1. The maximum Gasteiger partial charge on any atom is 0.573 e. The van der Waals surface area contributed by atoms with Crippen molar-refractivity contribution in [3.63, 3.8) is 0 Å². The van der Waals surface area contributed by atoms with Crippen LogP contribution in [0.5, 0.6) is 11.5 Å². The lowest BCUT2D eigenvalue weighted by Gasteiger charge is -2.14. The Morgan fingerprint density at radius 1 is 1.13 bits per heavy atom. The molecule has 0 fully saturated rings. The molecule has 2 aromatic rings. The highest BCUT2D eigenvalue weighted by molar-refractivity contribution is 7.87. The van der Waals surface area contributed by atoms with Crippen LogP contribution < -0.4 is 14.2 Å². The van der Waals surface area contributed by atoms with Crippen LogP contribution in [0, 0.1) is 5.82 Å². The van der Waals surface area contributed by atoms with Gasteiger partial charge in [-0.2, -0.15) is 12.7 Å². The quantitative estimate of drug-likeness (QED) is 0.572. The molecular formula is C17H14Cl2F4N2O5S. The zero-order valence-electron chi connectivity index (χ0n) is 15.8. The van der Waals surface area contributed by atoms with Crippen molar-refractivity contribution in [2.75, 3.05) is 14.1 Å². The number of benzene rings is 2. The third-order valence-electron chi connectivity index (χ3n) is 3.61. The van der Waals surface area contributed by atoms with E-state index in [0.29, 0.717) is 0 Å². The number of nitrogens with one attached hydrogen (secondary N) is 1. The Hall–Kier alpha value is -2.28. The van der Waals surface area contributed by atoms with E-state index in [2.05, 4.69) is 4.74 Å². The summed E-state index contributed by atoms with van der Waals surface area (Å²) in [4.78, 5) is 12.0. The smallest absolute Gasteiger partial charge is 0.489 e. The van der Waals surface area contributed by atoms with Crippen molar-refractivity contribution < 1.29 is 40.2 Å². The molecule has 0 aliphatic carbocycles. The lowest BCUT2D eigenvalue weighted by molar-refractivity contribution is -0.274. The highest BCUT2D eigenvalue weighted by atomic mass is 35.5. The van der Waals surface area contributed by atoms with Crippen LogP contribution in [0.3, 0.4) is 0 Å². The summed E-state index contributed by atoms with van der Waals surface area (Å²) in [5.41, 5.74) is -0.592. The number of ether oxygens (including phenoxy) is 2. The van der Waals surface area contributed by atoms with Crippen LogP contribution in [0.2, 0.25) is 10.0 Å². The van der Waals surface area contributed by atoms with Crippen molar-refractivity contribution in [2.24, 2.45) is 0 Å². The molecule has 0 unspecified atom stereocenters. The van der Waals surface area contributed by atoms with Crippen molar-refractivity contribution in [1.29, 1.82) is 0 Å². The Bertz CT molecular complexity index is 1090. The molecule has 31 heavy (non-hydrogen) atoms. The van der Waals surface area contributed by atoms with E-state index in [-0.39, 0.29) is 28.0 Å². The van der Waals surface area contributed by atoms with Gasteiger partial charge in [-0.1, -0.05) is 23.2 Å². The van der Waals surface area contributed by atoms with Gasteiger partial charge < -0.3 is 9.47 Å². The summed E-state index contributed by atoms with van der Waals surface area (Å²) >= 11 is 11.7. The van der Waals surface area contributed by atoms with Crippen LogP contribution in [0.25, 0.3) is 0 Å². The molecule has 2 aromatic carbocycles. The average Bonchev–Trinajstić information content (AvgIpc) is 2.62. The van der Waals surface area contributed by atoms with Crippen LogP contribution in [0.15, 0.2) is 30.3 Å². The molecule has 0 aromatic heterocycles. The third kappa shape index (κ3) is 6.86. The monoisotopic (exact) mass is 504 g/mol. The first-order chi connectivity index (χ1) is 14.2. The van der Waals surface area contributed by atoms with Gasteiger partial charge in [-0.15, -0.1) is 13.2 Å². The van der Waals surface area contributed by atoms with E-state index in [1.807, 2.05) is 0 Å². The number of carbonyl (C=O) groups is 1. The number of carbonyl (C=O) groups excluding carboxylic acids is 1. The molecule has 2 rings (SSSR count). The first-order valence-corrected chi connectivity index (χ1v) is 10.3. The second-order valence-electron chi connectivity index (χ2n) is 6.07. The fourth-order valence-electron chi connectivity index (χ4n) is 2.07. The topological polar surface area (TPSA) is 84.9 Å². The maximum atomic E-state index is 14.3. The Morgan fingerprint density at radius 3 is 2.35 bits per heavy atom. The summed E-state index contributed by atoms with van der Waals surface area (Å²) in [7, 11) is -1.82. The third-order valence-corrected chi connectivity index (χ3v) is 5.67. The fourth-order valence-corrected chi connectivity index (χ4v) is 2.97. The number of rotatable bonds is 7. The Morgan fingerprint density at radius 2 is 1.77 bits per heavy atom. The molecule has 0 atom stereocenters. The van der Waals surface area contributed by atoms with Crippen molar-refractivity contribution in [2.45, 2.75) is 13.0 Å². The number of nitrogens with zero attached hydrogens (tertiary/aromatic N) is 1. The predicted octanol–water partition coefficient (Wildman–Crippen LogP) is 4.15. The van der Waals surface area contributed by atoms with Crippen molar-refractivity contribution in [1.82, 2.24) is 9.03 Å². The molecule has 0 bridgehead atoms. The summed E-state index contributed by atoms with van der Waals surface area (Å²) < 4.78 is 86.4. The van der Waals surface area contributed by atoms with Gasteiger partial charge in [-0.05, 0) is 24.3 Å². The summed E-state index contributed by atoms with van der Waals surface area (Å²) in [5.74, 6) is -3.11. The highest BCUT2D eigenvalue weighted by Crippen LogP contribution is 2.34. The Labute approximate surface area is 184 Å². The number of hydrogen-bond acceptors (Lipinski definition) is 5. The molecule has 0 saturated heterocycles. The van der Waals surface area contributed by atoms with Crippen molar-refractivity contribution >= 4 is 39.3 Å². The lowest BCUT2D eigenvalue weighted by atomic mass is 10.1. The average molecular weight is 505 g/mol. The van der Waals surface area contributed by atoms with Crippen LogP contribution in [0.4, 0.5) is 17.6 Å². The standard InChI is InChI=1S/C17H14Cl2F4N2O5S/c1-25(2)31(27,28)24-16(26)11-7-13(19)9(5-14(11)20)8-29-10-3-4-12(18)15(6-10)30-17(21,22)23/h3-7H,8H2,1-2H3,(H,24,26). The number of halogens is 6. The Balaban J connectivity index is 2.18. The molecule has 0 radical (unpaired) electrons. The molecule has 0 spiro atoms. The summed E-state index contributed by atoms with van der Waals surface area (Å²) in [6, 6.07) is 4.98. The first-order valence-electron chi connectivity index (χ1n) is 8.10. The Kier molecular flexibility index (Phi) is 7.63. The normalized spacial score (nSPS) is 12.0. The maximum absolute atomic E-state index is 14.3. The molecule has 1 amide bonds. The van der Waals surface area contributed by atoms with Crippen LogP contribution >= 0.6 is 23.2 Å². The molecule has 170 valence electrons. The van der Waals surface area contributed by atoms with E-state index in [0.717, 1.165) is 28.6 Å². The van der Waals surface area contributed by atoms with E-state index in [1.165, 1.54) is 20.2 Å². The second kappa shape index (κ2) is 9.47. The molecule has 0 heterocycles. The van der Waals surface area contributed by atoms with Gasteiger partial charge in [0.15, 0.2) is 5.75 Å². The van der Waals surface area contributed by atoms with E-state index >= 15 is 0 Å². The van der Waals surface area contributed by atoms with Gasteiger partial charge in [0, 0.05) is 30.7 Å². The second-order valence-corrected chi connectivity index (χ2v) is 8.77. The molecule has 1 N–H and O–H groups in total. The minimum atomic E-state index is -4.97. The molecule has 0 saturated carbocycles. The van der Waals surface area contributed by atoms with Gasteiger partial charge in [0.1, 0.15) is 18.2 Å². The summed E-state index contributed by atoms with van der Waals surface area (Å²) in [6.45, 7) is -0.388. The summed E-state index contributed by atoms with van der Waals surface area (Å²) in [6.07, 6.45) is -4.97. The molecule has 0 aliphatic heterocycles. The van der Waals surface area contributed by atoms with Crippen LogP contribution in [-0.2, 0) is 16.8 Å². The van der Waals surface area contributed by atoms with E-state index in [4.69, 9.17) is 27.9 Å². The zero-order valence-corrected chi connectivity index (χ0v) is 18.1. The molecular weight excluding hydrogens is 491 g/mol. The van der Waals surface area contributed by atoms with Crippen molar-refractivity contribution in [3.05, 3.63) is 57.3 Å². The van der Waals surface area contributed by atoms with E-state index in [9.17, 15) is 30.8 Å². The molecule has 14 heteroatoms. The van der Waals surface area contributed by atoms with Gasteiger partial charge in [0.25, 0.3) is 5.91 Å². The van der Waals surface area contributed by atoms with Gasteiger partial charge in [0.05, 0.1) is 10.6 Å². The lowest BCUT2D eigenvalue weighted by Crippen LogP contribution is -2.39. The SMILES string of the molecule is CN(C)S(=O)(=O)NC(=O)c1cc(Cl)c(COc2ccc(Cl)c(OC(F)(F)F)c2)cc1F. The molecule has 0 aliphatic rings. The minimum Gasteiger partial charge on any atom is -0.489 e. The minimum absolute atomic E-state index is 0.0411. The van der Waals surface area contributed by atoms with E-state index < -0.39 is 39.6 Å². The molecule has 7 nitrogen and oxygen atoms in total. The highest BCUT2D eigenvalue weighted by Gasteiger charge is 2.32. The fraction of sp³-hybridized carbons (Fsp3) is 0.235. The number of alkyl halides is 3. The first kappa shape index (κ1) is 25.0. The van der Waals surface area contributed by atoms with Crippen molar-refractivity contribution in [3.8, 4) is 11.5 Å². The van der Waals surface area contributed by atoms with Gasteiger partial charge in [-0.3, -0.25) is 4.79 Å². The van der Waals surface area contributed by atoms with Gasteiger partial charge >= 0.3 is 16.6 Å². The zero-order chi connectivity index (χ0) is 23.6.